The van der Waals surface area contributed by atoms with Crippen molar-refractivity contribution in [2.45, 2.75) is 0 Å². The van der Waals surface area contributed by atoms with Gasteiger partial charge >= 0.3 is 5.97 Å². The van der Waals surface area contributed by atoms with Crippen molar-refractivity contribution in [2.75, 3.05) is 0 Å². The molecule has 0 aromatic heterocycles. The van der Waals surface area contributed by atoms with E-state index >= 15 is 0 Å². The molecule has 0 unspecified atom stereocenters. The second-order valence-corrected chi connectivity index (χ2v) is 3.53. The minimum atomic E-state index is -2.24. The fourth-order valence-electron chi connectivity index (χ4n) is 1.64. The zero-order chi connectivity index (χ0) is 14.5. The van der Waals surface area contributed by atoms with E-state index in [1.54, 1.807) is 0 Å². The summed E-state index contributed by atoms with van der Waals surface area (Å²) in [6.07, 6.45) is 0. The molecule has 0 aliphatic carbocycles. The number of hydrogen-bond donors (Lipinski definition) is 1. The van der Waals surface area contributed by atoms with E-state index in [-0.39, 0.29) is 6.07 Å². The Kier molecular flexibility index (Phi) is 2.88. The van der Waals surface area contributed by atoms with Crippen molar-refractivity contribution in [1.29, 1.82) is 0 Å². The van der Waals surface area contributed by atoms with Crippen LogP contribution in [0.3, 0.4) is 0 Å². The number of fused-ring (bicyclic) bond motifs is 1. The molecule has 0 radical (unpaired) electrons. The Morgan fingerprint density at radius 3 is 1.89 bits per heavy atom. The first-order chi connectivity index (χ1) is 8.77. The summed E-state index contributed by atoms with van der Waals surface area (Å²) < 4.78 is 79.8. The lowest BCUT2D eigenvalue weighted by molar-refractivity contribution is 0.0685. The molecule has 1 N–H and O–H groups in total. The predicted molar refractivity (Wildman–Crippen MR) is 50.7 cm³/mol. The molecule has 0 fully saturated rings. The smallest absolute Gasteiger partial charge is 0.341 e. The van der Waals surface area contributed by atoms with Gasteiger partial charge in [-0.3, -0.25) is 0 Å². The molecule has 0 aliphatic heterocycles. The maximum Gasteiger partial charge on any atom is 0.341 e. The Labute approximate surface area is 100 Å². The molecule has 0 saturated heterocycles. The molecule has 0 bridgehead atoms. The van der Waals surface area contributed by atoms with Crippen LogP contribution in [0.15, 0.2) is 6.07 Å². The van der Waals surface area contributed by atoms with Gasteiger partial charge in [-0.1, -0.05) is 0 Å². The van der Waals surface area contributed by atoms with Gasteiger partial charge in [-0.25, -0.2) is 31.1 Å². The van der Waals surface area contributed by atoms with Crippen LogP contribution in [0.5, 0.6) is 0 Å². The molecule has 100 valence electrons. The van der Waals surface area contributed by atoms with Crippen LogP contribution in [-0.4, -0.2) is 11.1 Å². The van der Waals surface area contributed by atoms with Gasteiger partial charge in [0, 0.05) is 6.07 Å². The van der Waals surface area contributed by atoms with Gasteiger partial charge in [0.2, 0.25) is 0 Å². The van der Waals surface area contributed by atoms with E-state index in [0.29, 0.717) is 0 Å². The van der Waals surface area contributed by atoms with E-state index < -0.39 is 57.2 Å². The molecule has 0 amide bonds. The molecule has 0 spiro atoms. The lowest BCUT2D eigenvalue weighted by Crippen LogP contribution is -2.10. The minimum absolute atomic E-state index is 0.0972. The Morgan fingerprint density at radius 2 is 1.37 bits per heavy atom. The normalized spacial score (nSPS) is 11.1. The molecule has 0 saturated carbocycles. The Bertz CT molecular complexity index is 725. The van der Waals surface area contributed by atoms with Gasteiger partial charge in [0.05, 0.1) is 10.8 Å². The van der Waals surface area contributed by atoms with E-state index in [1.165, 1.54) is 0 Å². The maximum atomic E-state index is 13.6. The molecule has 2 nitrogen and oxygen atoms in total. The molecule has 2 aromatic rings. The highest BCUT2D eigenvalue weighted by molar-refractivity contribution is 5.96. The number of hydrogen-bond acceptors (Lipinski definition) is 1. The van der Waals surface area contributed by atoms with Crippen molar-refractivity contribution in [3.05, 3.63) is 46.5 Å². The fourth-order valence-corrected chi connectivity index (χ4v) is 1.64. The third-order valence-electron chi connectivity index (χ3n) is 2.46. The Hall–Kier alpha value is -2.25. The monoisotopic (exact) mass is 280 g/mol. The number of carboxylic acid groups (broad SMARTS) is 1. The highest BCUT2D eigenvalue weighted by Crippen LogP contribution is 2.32. The molecule has 0 atom stereocenters. The van der Waals surface area contributed by atoms with Crippen molar-refractivity contribution >= 4 is 16.7 Å². The highest BCUT2D eigenvalue weighted by atomic mass is 19.2. The second kappa shape index (κ2) is 4.15. The highest BCUT2D eigenvalue weighted by Gasteiger charge is 2.29. The lowest BCUT2D eigenvalue weighted by Gasteiger charge is -2.09. The average Bonchev–Trinajstić information content (AvgIpc) is 2.30. The van der Waals surface area contributed by atoms with Crippen LogP contribution in [0.4, 0.5) is 26.3 Å². The third-order valence-corrected chi connectivity index (χ3v) is 2.46. The summed E-state index contributed by atoms with van der Waals surface area (Å²) >= 11 is 0. The number of rotatable bonds is 1. The zero-order valence-electron chi connectivity index (χ0n) is 8.70. The summed E-state index contributed by atoms with van der Waals surface area (Å²) in [5.74, 6) is -14.2. The van der Waals surface area contributed by atoms with Gasteiger partial charge < -0.3 is 5.11 Å². The molecule has 0 aliphatic rings. The zero-order valence-corrected chi connectivity index (χ0v) is 8.70. The van der Waals surface area contributed by atoms with E-state index in [4.69, 9.17) is 5.11 Å². The van der Waals surface area contributed by atoms with Gasteiger partial charge in [-0.2, -0.15) is 0 Å². The first-order valence-electron chi connectivity index (χ1n) is 4.64. The molecular formula is C11H2F6O2. The number of benzene rings is 2. The first kappa shape index (κ1) is 13.2. The van der Waals surface area contributed by atoms with Gasteiger partial charge in [-0.15, -0.1) is 0 Å². The van der Waals surface area contributed by atoms with Crippen LogP contribution in [0.2, 0.25) is 0 Å². The summed E-state index contributed by atoms with van der Waals surface area (Å²) in [5, 5.41) is 5.43. The third kappa shape index (κ3) is 1.71. The van der Waals surface area contributed by atoms with Crippen LogP contribution >= 0.6 is 0 Å². The first-order valence-corrected chi connectivity index (χ1v) is 4.64. The molecule has 2 rings (SSSR count). The average molecular weight is 280 g/mol. The van der Waals surface area contributed by atoms with Crippen LogP contribution in [0.1, 0.15) is 10.4 Å². The van der Waals surface area contributed by atoms with E-state index in [1.807, 2.05) is 0 Å². The summed E-state index contributed by atoms with van der Waals surface area (Å²) in [5.41, 5.74) is -1.83. The standard InChI is InChI=1S/C11H2F6O2/c12-2-1-3(13)7(14)5-4(2)9(16)10(17)6(8(5)15)11(18)19/h1H,(H,18,19). The number of carbonyl (C=O) groups is 1. The topological polar surface area (TPSA) is 37.3 Å². The van der Waals surface area contributed by atoms with Gasteiger partial charge in [0.1, 0.15) is 11.4 Å². The largest absolute Gasteiger partial charge is 0.477 e. The maximum absolute atomic E-state index is 13.6. The van der Waals surface area contributed by atoms with Crippen molar-refractivity contribution in [1.82, 2.24) is 0 Å². The predicted octanol–water partition coefficient (Wildman–Crippen LogP) is 3.37. The van der Waals surface area contributed by atoms with Gasteiger partial charge in [0.25, 0.3) is 0 Å². The van der Waals surface area contributed by atoms with Crippen molar-refractivity contribution in [3.8, 4) is 0 Å². The van der Waals surface area contributed by atoms with E-state index in [2.05, 4.69) is 0 Å². The van der Waals surface area contributed by atoms with E-state index in [0.717, 1.165) is 0 Å². The fraction of sp³-hybridized carbons (Fsp3) is 0. The minimum Gasteiger partial charge on any atom is -0.477 e. The summed E-state index contributed by atoms with van der Waals surface area (Å²) in [6.45, 7) is 0. The number of carboxylic acids is 1. The Morgan fingerprint density at radius 1 is 0.789 bits per heavy atom. The summed E-state index contributed by atoms with van der Waals surface area (Å²) in [6, 6.07) is -0.0972. The van der Waals surface area contributed by atoms with Crippen molar-refractivity contribution < 1.29 is 36.2 Å². The summed E-state index contributed by atoms with van der Waals surface area (Å²) in [4.78, 5) is 10.6. The molecule has 8 heteroatoms. The van der Waals surface area contributed by atoms with Crippen molar-refractivity contribution in [3.63, 3.8) is 0 Å². The molecule has 2 aromatic carbocycles. The van der Waals surface area contributed by atoms with Crippen LogP contribution < -0.4 is 0 Å². The van der Waals surface area contributed by atoms with Crippen LogP contribution in [-0.2, 0) is 0 Å². The Balaban J connectivity index is 3.17. The van der Waals surface area contributed by atoms with E-state index in [9.17, 15) is 31.1 Å². The molecule has 0 heterocycles. The SMILES string of the molecule is O=C(O)c1c(F)c(F)c2c(F)cc(F)c(F)c2c1F. The van der Waals surface area contributed by atoms with Crippen LogP contribution in [0.25, 0.3) is 10.8 Å². The molecular weight excluding hydrogens is 278 g/mol. The van der Waals surface area contributed by atoms with Crippen molar-refractivity contribution in [2.24, 2.45) is 0 Å². The second-order valence-electron chi connectivity index (χ2n) is 3.53. The van der Waals surface area contributed by atoms with Crippen LogP contribution in [0, 0.1) is 34.9 Å². The molecule has 19 heavy (non-hydrogen) atoms. The van der Waals surface area contributed by atoms with Gasteiger partial charge in [0.15, 0.2) is 29.1 Å². The summed E-state index contributed by atoms with van der Waals surface area (Å²) in [7, 11) is 0. The lowest BCUT2D eigenvalue weighted by atomic mass is 10.0. The number of halogens is 6. The number of aromatic carboxylic acids is 1. The quantitative estimate of drug-likeness (QED) is 0.642. The van der Waals surface area contributed by atoms with Gasteiger partial charge in [-0.05, 0) is 0 Å².